The van der Waals surface area contributed by atoms with Gasteiger partial charge in [-0.1, -0.05) is 13.8 Å². The van der Waals surface area contributed by atoms with E-state index in [0.717, 1.165) is 0 Å². The van der Waals surface area contributed by atoms with Crippen LogP contribution in [0.15, 0.2) is 0 Å². The predicted molar refractivity (Wildman–Crippen MR) is 48.5 cm³/mol. The molecular formula is C7H17NOS. The third-order valence-corrected chi connectivity index (χ3v) is 1.27. The Labute approximate surface area is 68.8 Å². The lowest BCUT2D eigenvalue weighted by atomic mass is 10.4. The van der Waals surface area contributed by atoms with Gasteiger partial charge in [0.05, 0.1) is 0 Å². The van der Waals surface area contributed by atoms with Crippen molar-refractivity contribution in [2.24, 2.45) is 0 Å². The maximum atomic E-state index is 10.3. The van der Waals surface area contributed by atoms with Gasteiger partial charge in [-0.15, -0.1) is 0 Å². The first-order chi connectivity index (χ1) is 4.66. The van der Waals surface area contributed by atoms with Crippen LogP contribution in [0.25, 0.3) is 0 Å². The summed E-state index contributed by atoms with van der Waals surface area (Å²) >= 11 is 3.98. The topological polar surface area (TPSA) is 29.1 Å². The molecule has 0 saturated heterocycles. The summed E-state index contributed by atoms with van der Waals surface area (Å²) in [4.78, 5) is 10.3. The summed E-state index contributed by atoms with van der Waals surface area (Å²) in [5.74, 6) is 0.700. The van der Waals surface area contributed by atoms with Gasteiger partial charge in [0.1, 0.15) is 0 Å². The van der Waals surface area contributed by atoms with Gasteiger partial charge in [0, 0.05) is 18.7 Å². The number of hydrogen-bond acceptors (Lipinski definition) is 2. The Morgan fingerprint density at radius 3 is 2.10 bits per heavy atom. The minimum absolute atomic E-state index is 0.00606. The Bertz CT molecular complexity index is 85.7. The molecule has 0 aliphatic rings. The number of rotatable bonds is 2. The standard InChI is InChI=1S/C5H11NOS.C2H6/c1-4(3-8)6-5(2)7;1-2/h4,8H,3H2,1-2H3,(H,6,7);1-2H3. The van der Waals surface area contributed by atoms with Gasteiger partial charge in [-0.25, -0.2) is 0 Å². The van der Waals surface area contributed by atoms with Crippen molar-refractivity contribution in [3.8, 4) is 0 Å². The highest BCUT2D eigenvalue weighted by molar-refractivity contribution is 7.80. The first-order valence-electron chi connectivity index (χ1n) is 3.54. The fourth-order valence-electron chi connectivity index (χ4n) is 0.393. The van der Waals surface area contributed by atoms with Gasteiger partial charge in [-0.3, -0.25) is 4.79 Å². The molecule has 0 aromatic heterocycles. The quantitative estimate of drug-likeness (QED) is 0.593. The van der Waals surface area contributed by atoms with Crippen molar-refractivity contribution in [1.29, 1.82) is 0 Å². The summed E-state index contributed by atoms with van der Waals surface area (Å²) in [5, 5.41) is 2.68. The van der Waals surface area contributed by atoms with E-state index in [9.17, 15) is 4.79 Å². The summed E-state index contributed by atoms with van der Waals surface area (Å²) in [5.41, 5.74) is 0. The van der Waals surface area contributed by atoms with E-state index in [1.807, 2.05) is 20.8 Å². The molecule has 0 radical (unpaired) electrons. The lowest BCUT2D eigenvalue weighted by Crippen LogP contribution is -2.31. The molecule has 0 heterocycles. The summed E-state index contributed by atoms with van der Waals surface area (Å²) < 4.78 is 0. The zero-order chi connectivity index (χ0) is 8.57. The number of carbonyl (C=O) groups is 1. The van der Waals surface area contributed by atoms with Crippen molar-refractivity contribution in [2.75, 3.05) is 5.75 Å². The molecule has 0 aromatic rings. The minimum atomic E-state index is 0.00606. The molecule has 1 atom stereocenters. The highest BCUT2D eigenvalue weighted by Crippen LogP contribution is 1.83. The zero-order valence-electron chi connectivity index (χ0n) is 7.14. The van der Waals surface area contributed by atoms with E-state index in [1.54, 1.807) is 0 Å². The molecule has 0 bridgehead atoms. The van der Waals surface area contributed by atoms with Gasteiger partial charge < -0.3 is 5.32 Å². The van der Waals surface area contributed by atoms with Crippen molar-refractivity contribution in [1.82, 2.24) is 5.32 Å². The maximum absolute atomic E-state index is 10.3. The summed E-state index contributed by atoms with van der Waals surface area (Å²) in [6, 6.07) is 0.191. The van der Waals surface area contributed by atoms with Crippen molar-refractivity contribution in [3.05, 3.63) is 0 Å². The van der Waals surface area contributed by atoms with Gasteiger partial charge >= 0.3 is 0 Å². The second-order valence-corrected chi connectivity index (χ2v) is 2.15. The van der Waals surface area contributed by atoms with Crippen LogP contribution in [-0.2, 0) is 4.79 Å². The molecule has 2 nitrogen and oxygen atoms in total. The number of nitrogens with one attached hydrogen (secondary N) is 1. The van der Waals surface area contributed by atoms with Gasteiger partial charge in [0.15, 0.2) is 0 Å². The van der Waals surface area contributed by atoms with Crippen molar-refractivity contribution >= 4 is 18.5 Å². The van der Waals surface area contributed by atoms with E-state index in [0.29, 0.717) is 5.75 Å². The average molecular weight is 163 g/mol. The van der Waals surface area contributed by atoms with E-state index in [2.05, 4.69) is 17.9 Å². The molecule has 0 aliphatic carbocycles. The van der Waals surface area contributed by atoms with Crippen molar-refractivity contribution in [2.45, 2.75) is 33.7 Å². The molecule has 0 aliphatic heterocycles. The summed E-state index contributed by atoms with van der Waals surface area (Å²) in [7, 11) is 0. The molecule has 1 amide bonds. The van der Waals surface area contributed by atoms with Crippen LogP contribution in [0.3, 0.4) is 0 Å². The lowest BCUT2D eigenvalue weighted by Gasteiger charge is -2.06. The molecule has 62 valence electrons. The van der Waals surface area contributed by atoms with E-state index >= 15 is 0 Å². The summed E-state index contributed by atoms with van der Waals surface area (Å²) in [6.45, 7) is 7.41. The highest BCUT2D eigenvalue weighted by atomic mass is 32.1. The monoisotopic (exact) mass is 163 g/mol. The van der Waals surface area contributed by atoms with Gasteiger partial charge in [-0.2, -0.15) is 12.6 Å². The maximum Gasteiger partial charge on any atom is 0.217 e. The first kappa shape index (κ1) is 12.5. The van der Waals surface area contributed by atoms with Crippen LogP contribution in [0.1, 0.15) is 27.7 Å². The van der Waals surface area contributed by atoms with Crippen LogP contribution in [0.2, 0.25) is 0 Å². The lowest BCUT2D eigenvalue weighted by molar-refractivity contribution is -0.119. The van der Waals surface area contributed by atoms with Crippen LogP contribution in [0.4, 0.5) is 0 Å². The molecule has 0 saturated carbocycles. The largest absolute Gasteiger partial charge is 0.353 e. The minimum Gasteiger partial charge on any atom is -0.353 e. The van der Waals surface area contributed by atoms with E-state index in [4.69, 9.17) is 0 Å². The van der Waals surface area contributed by atoms with E-state index in [1.165, 1.54) is 6.92 Å². The fourth-order valence-corrected chi connectivity index (χ4v) is 0.484. The number of hydrogen-bond donors (Lipinski definition) is 2. The fraction of sp³-hybridized carbons (Fsp3) is 0.857. The van der Waals surface area contributed by atoms with E-state index in [-0.39, 0.29) is 11.9 Å². The van der Waals surface area contributed by atoms with Crippen LogP contribution >= 0.6 is 12.6 Å². The molecular weight excluding hydrogens is 146 g/mol. The molecule has 0 spiro atoms. The molecule has 1 N–H and O–H groups in total. The molecule has 0 fully saturated rings. The predicted octanol–water partition coefficient (Wildman–Crippen LogP) is 1.47. The second kappa shape index (κ2) is 8.82. The Morgan fingerprint density at radius 2 is 2.00 bits per heavy atom. The van der Waals surface area contributed by atoms with Gasteiger partial charge in [-0.05, 0) is 6.92 Å². The molecule has 0 aromatic carbocycles. The Balaban J connectivity index is 0. The van der Waals surface area contributed by atoms with E-state index < -0.39 is 0 Å². The normalized spacial score (nSPS) is 10.9. The van der Waals surface area contributed by atoms with Crippen LogP contribution in [0.5, 0.6) is 0 Å². The zero-order valence-corrected chi connectivity index (χ0v) is 8.03. The number of amides is 1. The van der Waals surface area contributed by atoms with Crippen LogP contribution in [-0.4, -0.2) is 17.7 Å². The molecule has 10 heavy (non-hydrogen) atoms. The Hall–Kier alpha value is -0.180. The SMILES string of the molecule is CC.CC(=O)NC(C)CS. The van der Waals surface area contributed by atoms with Gasteiger partial charge in [0.25, 0.3) is 0 Å². The highest BCUT2D eigenvalue weighted by Gasteiger charge is 1.97. The summed E-state index contributed by atoms with van der Waals surface area (Å²) in [6.07, 6.45) is 0. The molecule has 0 rings (SSSR count). The Morgan fingerprint density at radius 1 is 1.60 bits per heavy atom. The van der Waals surface area contributed by atoms with Crippen molar-refractivity contribution in [3.63, 3.8) is 0 Å². The smallest absolute Gasteiger partial charge is 0.217 e. The average Bonchev–Trinajstić information content (AvgIpc) is 1.91. The second-order valence-electron chi connectivity index (χ2n) is 1.78. The van der Waals surface area contributed by atoms with Gasteiger partial charge in [0.2, 0.25) is 5.91 Å². The third-order valence-electron chi connectivity index (χ3n) is 0.724. The first-order valence-corrected chi connectivity index (χ1v) is 4.18. The molecule has 1 unspecified atom stereocenters. The van der Waals surface area contributed by atoms with Crippen molar-refractivity contribution < 1.29 is 4.79 Å². The molecule has 3 heteroatoms. The van der Waals surface area contributed by atoms with Crippen LogP contribution in [0, 0.1) is 0 Å². The number of thiol groups is 1. The third kappa shape index (κ3) is 10.7. The van der Waals surface area contributed by atoms with Crippen LogP contribution < -0.4 is 5.32 Å². The Kier molecular flexibility index (Phi) is 11.0. The number of carbonyl (C=O) groups excluding carboxylic acids is 1.